The first kappa shape index (κ1) is 53.0. The van der Waals surface area contributed by atoms with E-state index in [1.165, 1.54) is 205 Å². The summed E-state index contributed by atoms with van der Waals surface area (Å²) in [5.74, 6) is 0. The average molecular weight is 794 g/mol. The SMILES string of the molecule is [CH2-]OCCCCCCCCCCCCCCCCCC.[CH2-]OCCCCCCCCCCCCCCCCCC.[NH2-].[NH2-].[Pt+4]. The second-order valence-corrected chi connectivity index (χ2v) is 12.4. The molecule has 0 atom stereocenters. The number of nitrogens with two attached hydrogens (primary N) is 2. The van der Waals surface area contributed by atoms with Gasteiger partial charge in [-0.1, -0.05) is 206 Å². The van der Waals surface area contributed by atoms with Crippen molar-refractivity contribution in [2.45, 2.75) is 219 Å². The maximum atomic E-state index is 4.81. The zero-order valence-corrected chi connectivity index (χ0v) is 32.0. The van der Waals surface area contributed by atoms with E-state index >= 15 is 0 Å². The van der Waals surface area contributed by atoms with Gasteiger partial charge in [0, 0.05) is 13.2 Å². The fourth-order valence-corrected chi connectivity index (χ4v) is 5.50. The summed E-state index contributed by atoms with van der Waals surface area (Å²) in [6, 6.07) is 0. The Labute approximate surface area is 288 Å². The molecule has 5 heteroatoms. The van der Waals surface area contributed by atoms with Crippen LogP contribution in [0.2, 0.25) is 0 Å². The molecule has 266 valence electrons. The molecule has 0 amide bonds. The van der Waals surface area contributed by atoms with Gasteiger partial charge >= 0.3 is 21.1 Å². The van der Waals surface area contributed by atoms with Crippen LogP contribution < -0.4 is 0 Å². The van der Waals surface area contributed by atoms with Gasteiger partial charge in [-0.05, 0) is 12.8 Å². The van der Waals surface area contributed by atoms with Crippen LogP contribution in [0, 0.1) is 14.2 Å². The van der Waals surface area contributed by atoms with Gasteiger partial charge in [0.2, 0.25) is 0 Å². The molecule has 43 heavy (non-hydrogen) atoms. The third-order valence-electron chi connectivity index (χ3n) is 8.28. The van der Waals surface area contributed by atoms with Gasteiger partial charge in [0.05, 0.1) is 0 Å². The van der Waals surface area contributed by atoms with Crippen molar-refractivity contribution in [3.8, 4) is 0 Å². The number of hydrogen-bond acceptors (Lipinski definition) is 2. The number of hydrogen-bond donors (Lipinski definition) is 0. The van der Waals surface area contributed by atoms with Crippen molar-refractivity contribution in [2.75, 3.05) is 13.2 Å². The Morgan fingerprint density at radius 2 is 0.419 bits per heavy atom. The molecule has 0 rings (SSSR count). The Morgan fingerprint density at radius 1 is 0.279 bits per heavy atom. The van der Waals surface area contributed by atoms with E-state index < -0.39 is 0 Å². The second kappa shape index (κ2) is 55.0. The zero-order chi connectivity index (χ0) is 29.5. The van der Waals surface area contributed by atoms with Crippen molar-refractivity contribution in [3.63, 3.8) is 0 Å². The summed E-state index contributed by atoms with van der Waals surface area (Å²) in [4.78, 5) is 0. The van der Waals surface area contributed by atoms with Crippen LogP contribution in [0.15, 0.2) is 0 Å². The number of rotatable bonds is 34. The molecule has 0 aromatic heterocycles. The van der Waals surface area contributed by atoms with Crippen LogP contribution in [-0.4, -0.2) is 13.2 Å². The fourth-order valence-electron chi connectivity index (χ4n) is 5.50. The van der Waals surface area contributed by atoms with Crippen LogP contribution in [0.25, 0.3) is 12.3 Å². The van der Waals surface area contributed by atoms with Crippen LogP contribution in [-0.2, 0) is 30.5 Å². The van der Waals surface area contributed by atoms with E-state index in [1.54, 1.807) is 0 Å². The Kier molecular flexibility index (Phi) is 67.8. The van der Waals surface area contributed by atoms with Gasteiger partial charge < -0.3 is 21.8 Å². The molecule has 0 spiro atoms. The molecule has 0 fully saturated rings. The van der Waals surface area contributed by atoms with E-state index in [4.69, 9.17) is 9.47 Å². The molecular formula is C38H82N2O2Pt. The van der Waals surface area contributed by atoms with Crippen molar-refractivity contribution in [3.05, 3.63) is 26.5 Å². The molecule has 0 aliphatic heterocycles. The zero-order valence-electron chi connectivity index (χ0n) is 29.7. The van der Waals surface area contributed by atoms with Gasteiger partial charge in [0.1, 0.15) is 0 Å². The Balaban J connectivity index is -0.000000209. The van der Waals surface area contributed by atoms with Crippen molar-refractivity contribution < 1.29 is 30.5 Å². The van der Waals surface area contributed by atoms with Gasteiger partial charge in [-0.15, -0.1) is 0 Å². The molecule has 0 aliphatic rings. The van der Waals surface area contributed by atoms with Gasteiger partial charge in [0.25, 0.3) is 0 Å². The minimum Gasteiger partial charge on any atom is -0.693 e. The van der Waals surface area contributed by atoms with E-state index in [0.29, 0.717) is 0 Å². The Hall–Kier alpha value is 0.528. The maximum absolute atomic E-state index is 4.81. The molecule has 0 radical (unpaired) electrons. The van der Waals surface area contributed by atoms with Crippen LogP contribution in [0.5, 0.6) is 0 Å². The summed E-state index contributed by atoms with van der Waals surface area (Å²) < 4.78 is 9.62. The van der Waals surface area contributed by atoms with Crippen molar-refractivity contribution in [1.29, 1.82) is 0 Å². The first-order valence-corrected chi connectivity index (χ1v) is 18.6. The molecule has 0 aromatic carbocycles. The van der Waals surface area contributed by atoms with Gasteiger partial charge in [0.15, 0.2) is 0 Å². The summed E-state index contributed by atoms with van der Waals surface area (Å²) in [5.41, 5.74) is 0. The molecule has 0 heterocycles. The van der Waals surface area contributed by atoms with Gasteiger partial charge in [-0.3, -0.25) is 0 Å². The van der Waals surface area contributed by atoms with Crippen LogP contribution in [0.3, 0.4) is 0 Å². The summed E-state index contributed by atoms with van der Waals surface area (Å²) in [5, 5.41) is 0. The van der Waals surface area contributed by atoms with Crippen molar-refractivity contribution in [1.82, 2.24) is 0 Å². The summed E-state index contributed by atoms with van der Waals surface area (Å²) >= 11 is 0. The predicted molar refractivity (Wildman–Crippen MR) is 192 cm³/mol. The largest absolute Gasteiger partial charge is 4.00 e. The molecule has 0 aromatic rings. The van der Waals surface area contributed by atoms with E-state index in [2.05, 4.69) is 28.1 Å². The van der Waals surface area contributed by atoms with Gasteiger partial charge in [-0.25, -0.2) is 14.2 Å². The second-order valence-electron chi connectivity index (χ2n) is 12.4. The normalized spacial score (nSPS) is 10.3. The van der Waals surface area contributed by atoms with E-state index in [1.807, 2.05) is 0 Å². The quantitative estimate of drug-likeness (QED) is 0.0480. The Bertz CT molecular complexity index is 330. The summed E-state index contributed by atoms with van der Waals surface area (Å²) in [7, 11) is 6.79. The monoisotopic (exact) mass is 794 g/mol. The first-order valence-electron chi connectivity index (χ1n) is 18.6. The van der Waals surface area contributed by atoms with Crippen LogP contribution in [0.1, 0.15) is 219 Å². The van der Waals surface area contributed by atoms with Crippen LogP contribution >= 0.6 is 0 Å². The van der Waals surface area contributed by atoms with Crippen molar-refractivity contribution in [2.24, 2.45) is 0 Å². The van der Waals surface area contributed by atoms with Crippen molar-refractivity contribution >= 4 is 0 Å². The van der Waals surface area contributed by atoms with Gasteiger partial charge in [-0.2, -0.15) is 0 Å². The molecule has 0 aliphatic carbocycles. The third-order valence-corrected chi connectivity index (χ3v) is 8.28. The molecule has 0 saturated heterocycles. The average Bonchev–Trinajstić information content (AvgIpc) is 2.97. The molecule has 0 unspecified atom stereocenters. The Morgan fingerprint density at radius 3 is 0.558 bits per heavy atom. The van der Waals surface area contributed by atoms with E-state index in [9.17, 15) is 0 Å². The third kappa shape index (κ3) is 58.6. The van der Waals surface area contributed by atoms with E-state index in [-0.39, 0.29) is 33.4 Å². The standard InChI is InChI=1S/2C19H39O.2H2N.Pt/c2*1-3-4-5-6-7-8-9-10-11-12-13-14-15-16-17-18-19-20-2;;;/h2*2-19H2,1H3;2*1H2;/q4*-1;+4. The summed E-state index contributed by atoms with van der Waals surface area (Å²) in [6.07, 6.45) is 45.4. The minimum absolute atomic E-state index is 0. The molecule has 0 saturated carbocycles. The molecule has 4 nitrogen and oxygen atoms in total. The van der Waals surface area contributed by atoms with E-state index in [0.717, 1.165) is 13.2 Å². The molecule has 0 bridgehead atoms. The topological polar surface area (TPSA) is 85.5 Å². The summed E-state index contributed by atoms with van der Waals surface area (Å²) in [6.45, 7) is 6.24. The predicted octanol–water partition coefficient (Wildman–Crippen LogP) is 15.5. The number of unbranched alkanes of at least 4 members (excludes halogenated alkanes) is 30. The fraction of sp³-hybridized carbons (Fsp3) is 0.947. The minimum atomic E-state index is 0. The molecular weight excluding hydrogens is 712 g/mol. The molecule has 4 N–H and O–H groups in total. The first-order chi connectivity index (χ1) is 19.8. The smallest absolute Gasteiger partial charge is 0.693 e. The number of ether oxygens (including phenoxy) is 2. The maximum Gasteiger partial charge on any atom is 4.00 e. The van der Waals surface area contributed by atoms with Crippen LogP contribution in [0.4, 0.5) is 0 Å².